The molecule has 8 heteroatoms. The SMILES string of the molecule is COC(=O)c1c(C)cccc1COc1cccc(OCc2c(-c3c(Cl)cccc3Cl)noc2C)c1. The largest absolute Gasteiger partial charge is 0.489 e. The summed E-state index contributed by atoms with van der Waals surface area (Å²) in [4.78, 5) is 12.2. The van der Waals surface area contributed by atoms with Crippen LogP contribution in [0.4, 0.5) is 0 Å². The van der Waals surface area contributed by atoms with Gasteiger partial charge in [0.15, 0.2) is 0 Å². The van der Waals surface area contributed by atoms with Crippen molar-refractivity contribution in [3.8, 4) is 22.8 Å². The van der Waals surface area contributed by atoms with Crippen molar-refractivity contribution in [1.29, 1.82) is 0 Å². The molecule has 0 amide bonds. The van der Waals surface area contributed by atoms with Gasteiger partial charge in [0.25, 0.3) is 0 Å². The lowest BCUT2D eigenvalue weighted by molar-refractivity contribution is 0.0597. The van der Waals surface area contributed by atoms with E-state index in [2.05, 4.69) is 5.16 Å². The molecule has 0 bridgehead atoms. The first-order valence-corrected chi connectivity index (χ1v) is 11.6. The Hall–Kier alpha value is -3.48. The smallest absolute Gasteiger partial charge is 0.338 e. The molecule has 0 spiro atoms. The van der Waals surface area contributed by atoms with E-state index in [1.54, 1.807) is 31.2 Å². The van der Waals surface area contributed by atoms with Gasteiger partial charge in [-0.05, 0) is 43.7 Å². The number of hydrogen-bond acceptors (Lipinski definition) is 6. The average molecular weight is 512 g/mol. The number of halogens is 2. The van der Waals surface area contributed by atoms with Gasteiger partial charge in [0.1, 0.15) is 36.2 Å². The second-order valence-electron chi connectivity index (χ2n) is 7.82. The fraction of sp³-hybridized carbons (Fsp3) is 0.185. The molecule has 0 saturated carbocycles. The van der Waals surface area contributed by atoms with Gasteiger partial charge in [-0.15, -0.1) is 0 Å². The molecule has 0 aliphatic rings. The van der Waals surface area contributed by atoms with Crippen LogP contribution in [0.25, 0.3) is 11.3 Å². The van der Waals surface area contributed by atoms with Crippen LogP contribution < -0.4 is 9.47 Å². The lowest BCUT2D eigenvalue weighted by Crippen LogP contribution is -2.10. The average Bonchev–Trinajstić information content (AvgIpc) is 3.21. The van der Waals surface area contributed by atoms with Crippen molar-refractivity contribution < 1.29 is 23.5 Å². The minimum Gasteiger partial charge on any atom is -0.489 e. The van der Waals surface area contributed by atoms with Gasteiger partial charge in [0, 0.05) is 17.2 Å². The molecule has 4 aromatic rings. The van der Waals surface area contributed by atoms with Crippen LogP contribution in [0.15, 0.2) is 65.2 Å². The van der Waals surface area contributed by atoms with E-state index in [4.69, 9.17) is 41.9 Å². The first-order valence-electron chi connectivity index (χ1n) is 10.8. The highest BCUT2D eigenvalue weighted by atomic mass is 35.5. The summed E-state index contributed by atoms with van der Waals surface area (Å²) in [5.41, 5.74) is 3.96. The molecule has 4 rings (SSSR count). The third kappa shape index (κ3) is 5.45. The molecule has 0 N–H and O–H groups in total. The number of esters is 1. The van der Waals surface area contributed by atoms with Crippen LogP contribution in [0.1, 0.15) is 32.8 Å². The topological polar surface area (TPSA) is 70.8 Å². The first-order chi connectivity index (χ1) is 16.9. The number of benzene rings is 3. The van der Waals surface area contributed by atoms with Crippen molar-refractivity contribution >= 4 is 29.2 Å². The summed E-state index contributed by atoms with van der Waals surface area (Å²) in [6, 6.07) is 18.1. The highest BCUT2D eigenvalue weighted by Crippen LogP contribution is 2.37. The molecule has 0 radical (unpaired) electrons. The zero-order valence-corrected chi connectivity index (χ0v) is 20.9. The van der Waals surface area contributed by atoms with Gasteiger partial charge in [0.05, 0.1) is 28.3 Å². The van der Waals surface area contributed by atoms with E-state index in [-0.39, 0.29) is 13.2 Å². The van der Waals surface area contributed by atoms with Gasteiger partial charge in [-0.1, -0.05) is 58.7 Å². The van der Waals surface area contributed by atoms with Crippen LogP contribution >= 0.6 is 23.2 Å². The number of carbonyl (C=O) groups is 1. The summed E-state index contributed by atoms with van der Waals surface area (Å²) >= 11 is 12.7. The quantitative estimate of drug-likeness (QED) is 0.232. The summed E-state index contributed by atoms with van der Waals surface area (Å²) in [7, 11) is 1.36. The number of hydrogen-bond donors (Lipinski definition) is 0. The number of methoxy groups -OCH3 is 1. The molecule has 1 heterocycles. The van der Waals surface area contributed by atoms with Crippen LogP contribution in [0, 0.1) is 13.8 Å². The van der Waals surface area contributed by atoms with Crippen molar-refractivity contribution in [3.63, 3.8) is 0 Å². The molecule has 0 aliphatic heterocycles. The van der Waals surface area contributed by atoms with Crippen molar-refractivity contribution in [3.05, 3.63) is 98.7 Å². The molecule has 0 aliphatic carbocycles. The second-order valence-corrected chi connectivity index (χ2v) is 8.63. The number of ether oxygens (including phenoxy) is 3. The molecular weight excluding hydrogens is 489 g/mol. The first kappa shape index (κ1) is 24.6. The third-order valence-electron chi connectivity index (χ3n) is 5.52. The molecule has 180 valence electrons. The standard InChI is InChI=1S/C27H23Cl2NO5/c1-16-7-4-8-18(24(16)27(31)32-3)14-33-19-9-5-10-20(13-19)34-15-21-17(2)35-30-26(21)25-22(28)11-6-12-23(25)29/h4-13H,14-15H2,1-3H3. The number of aromatic nitrogens is 1. The van der Waals surface area contributed by atoms with Crippen LogP contribution in [0.2, 0.25) is 10.0 Å². The van der Waals surface area contributed by atoms with Crippen LogP contribution in [0.3, 0.4) is 0 Å². The Balaban J connectivity index is 1.49. The lowest BCUT2D eigenvalue weighted by Gasteiger charge is -2.13. The number of rotatable bonds is 8. The van der Waals surface area contributed by atoms with Gasteiger partial charge in [-0.3, -0.25) is 0 Å². The van der Waals surface area contributed by atoms with Gasteiger partial charge < -0.3 is 18.7 Å². The van der Waals surface area contributed by atoms with Crippen molar-refractivity contribution in [2.24, 2.45) is 0 Å². The van der Waals surface area contributed by atoms with Crippen LogP contribution in [0.5, 0.6) is 11.5 Å². The van der Waals surface area contributed by atoms with E-state index < -0.39 is 5.97 Å². The Labute approximate surface area is 213 Å². The van der Waals surface area contributed by atoms with E-state index in [0.29, 0.717) is 44.1 Å². The summed E-state index contributed by atoms with van der Waals surface area (Å²) in [6.45, 7) is 4.07. The fourth-order valence-electron chi connectivity index (χ4n) is 3.69. The van der Waals surface area contributed by atoms with E-state index in [1.165, 1.54) is 7.11 Å². The van der Waals surface area contributed by atoms with Gasteiger partial charge in [0.2, 0.25) is 0 Å². The zero-order valence-electron chi connectivity index (χ0n) is 19.4. The van der Waals surface area contributed by atoms with Gasteiger partial charge in [-0.2, -0.15) is 0 Å². The molecule has 3 aromatic carbocycles. The maximum atomic E-state index is 12.2. The number of nitrogens with zero attached hydrogens (tertiary/aromatic N) is 1. The maximum absolute atomic E-state index is 12.2. The van der Waals surface area contributed by atoms with Gasteiger partial charge in [-0.25, -0.2) is 4.79 Å². The lowest BCUT2D eigenvalue weighted by atomic mass is 10.0. The molecule has 0 fully saturated rings. The Morgan fingerprint density at radius 3 is 2.23 bits per heavy atom. The molecule has 6 nitrogen and oxygen atoms in total. The van der Waals surface area contributed by atoms with Crippen LogP contribution in [-0.4, -0.2) is 18.2 Å². The molecule has 1 aromatic heterocycles. The molecule has 35 heavy (non-hydrogen) atoms. The van der Waals surface area contributed by atoms with Gasteiger partial charge >= 0.3 is 5.97 Å². The molecule has 0 saturated heterocycles. The fourth-order valence-corrected chi connectivity index (χ4v) is 4.27. The number of carbonyl (C=O) groups excluding carboxylic acids is 1. The molecule has 0 unspecified atom stereocenters. The highest BCUT2D eigenvalue weighted by molar-refractivity contribution is 6.39. The second kappa shape index (κ2) is 10.8. The van der Waals surface area contributed by atoms with E-state index in [1.807, 2.05) is 43.3 Å². The van der Waals surface area contributed by atoms with Crippen LogP contribution in [-0.2, 0) is 18.0 Å². The Morgan fingerprint density at radius 2 is 1.54 bits per heavy atom. The Kier molecular flexibility index (Phi) is 7.63. The zero-order chi connectivity index (χ0) is 24.9. The number of aryl methyl sites for hydroxylation is 2. The summed E-state index contributed by atoms with van der Waals surface area (Å²) < 4.78 is 22.3. The molecular formula is C27H23Cl2NO5. The summed E-state index contributed by atoms with van der Waals surface area (Å²) in [6.07, 6.45) is 0. The van der Waals surface area contributed by atoms with Crippen molar-refractivity contribution in [1.82, 2.24) is 5.16 Å². The van der Waals surface area contributed by atoms with E-state index >= 15 is 0 Å². The Morgan fingerprint density at radius 1 is 0.914 bits per heavy atom. The summed E-state index contributed by atoms with van der Waals surface area (Å²) in [5, 5.41) is 5.10. The highest BCUT2D eigenvalue weighted by Gasteiger charge is 2.20. The predicted octanol–water partition coefficient (Wildman–Crippen LogP) is 7.21. The normalized spacial score (nSPS) is 10.8. The maximum Gasteiger partial charge on any atom is 0.338 e. The molecule has 0 atom stereocenters. The van der Waals surface area contributed by atoms with Crippen molar-refractivity contribution in [2.75, 3.05) is 7.11 Å². The van der Waals surface area contributed by atoms with E-state index in [0.717, 1.165) is 16.7 Å². The monoisotopic (exact) mass is 511 g/mol. The van der Waals surface area contributed by atoms with E-state index in [9.17, 15) is 4.79 Å². The minimum absolute atomic E-state index is 0.194. The van der Waals surface area contributed by atoms with Crippen molar-refractivity contribution in [2.45, 2.75) is 27.1 Å². The third-order valence-corrected chi connectivity index (χ3v) is 6.15. The predicted molar refractivity (Wildman–Crippen MR) is 134 cm³/mol. The Bertz CT molecular complexity index is 1350. The minimum atomic E-state index is -0.391. The summed E-state index contributed by atoms with van der Waals surface area (Å²) in [5.74, 6) is 1.41.